The fourth-order valence-corrected chi connectivity index (χ4v) is 4.72. The van der Waals surface area contributed by atoms with E-state index < -0.39 is 19.9 Å². The highest BCUT2D eigenvalue weighted by Gasteiger charge is 2.32. The standard InChI is InChI=1S/C16H23N3O5S2/c1-25(21,22)15-9-13(26(17,23)24)6-7-14(15)19-8-2-3-11(10-19)16(20)18-12-4-5-12/h6-7,9,11-12H,2-5,8,10H2,1H3,(H,18,20)(H2,17,23,24). The number of anilines is 1. The van der Waals surface area contributed by atoms with Gasteiger partial charge in [0.25, 0.3) is 0 Å². The van der Waals surface area contributed by atoms with E-state index in [0.717, 1.165) is 38.0 Å². The maximum Gasteiger partial charge on any atom is 0.238 e. The van der Waals surface area contributed by atoms with E-state index in [0.29, 0.717) is 18.8 Å². The smallest absolute Gasteiger partial charge is 0.238 e. The molecule has 1 aliphatic heterocycles. The molecule has 8 nitrogen and oxygen atoms in total. The molecule has 1 aromatic rings. The number of carbonyl (C=O) groups excluding carboxylic acids is 1. The van der Waals surface area contributed by atoms with Crippen molar-refractivity contribution in [3.05, 3.63) is 18.2 Å². The van der Waals surface area contributed by atoms with Crippen LogP contribution in [0.3, 0.4) is 0 Å². The van der Waals surface area contributed by atoms with Crippen LogP contribution in [0.15, 0.2) is 28.0 Å². The number of carbonyl (C=O) groups is 1. The second-order valence-corrected chi connectivity index (χ2v) is 10.6. The molecule has 1 amide bonds. The quantitative estimate of drug-likeness (QED) is 0.727. The lowest BCUT2D eigenvalue weighted by Gasteiger charge is -2.34. The van der Waals surface area contributed by atoms with Gasteiger partial charge in [0.2, 0.25) is 15.9 Å². The minimum atomic E-state index is -4.01. The lowest BCUT2D eigenvalue weighted by atomic mass is 9.96. The zero-order valence-electron chi connectivity index (χ0n) is 14.5. The summed E-state index contributed by atoms with van der Waals surface area (Å²) in [6.07, 6.45) is 4.55. The van der Waals surface area contributed by atoms with Crippen molar-refractivity contribution >= 4 is 31.5 Å². The lowest BCUT2D eigenvalue weighted by molar-refractivity contribution is -0.125. The monoisotopic (exact) mass is 401 g/mol. The molecule has 2 fully saturated rings. The molecular formula is C16H23N3O5S2. The number of nitrogens with two attached hydrogens (primary N) is 1. The Morgan fingerprint density at radius 3 is 2.46 bits per heavy atom. The average molecular weight is 402 g/mol. The molecule has 26 heavy (non-hydrogen) atoms. The van der Waals surface area contributed by atoms with E-state index in [1.807, 2.05) is 4.90 Å². The molecule has 1 unspecified atom stereocenters. The Hall–Kier alpha value is -1.65. The summed E-state index contributed by atoms with van der Waals surface area (Å²) in [7, 11) is -7.69. The average Bonchev–Trinajstić information content (AvgIpc) is 3.36. The molecule has 2 aliphatic rings. The highest BCUT2D eigenvalue weighted by Crippen LogP contribution is 2.31. The summed E-state index contributed by atoms with van der Waals surface area (Å²) in [6.45, 7) is 1.00. The summed E-state index contributed by atoms with van der Waals surface area (Å²) < 4.78 is 47.5. The molecule has 0 aromatic heterocycles. The molecule has 0 spiro atoms. The van der Waals surface area contributed by atoms with E-state index in [-0.39, 0.29) is 27.7 Å². The third kappa shape index (κ3) is 4.36. The number of nitrogens with zero attached hydrogens (tertiary/aromatic N) is 1. The van der Waals surface area contributed by atoms with Crippen molar-refractivity contribution in [2.45, 2.75) is 41.5 Å². The maximum absolute atomic E-state index is 12.3. The van der Waals surface area contributed by atoms with E-state index >= 15 is 0 Å². The number of amides is 1. The minimum Gasteiger partial charge on any atom is -0.370 e. The summed E-state index contributed by atoms with van der Waals surface area (Å²) in [5.74, 6) is -0.214. The Bertz CT molecular complexity index is 923. The number of nitrogens with one attached hydrogen (secondary N) is 1. The van der Waals surface area contributed by atoms with Crippen LogP contribution >= 0.6 is 0 Å². The van der Waals surface area contributed by atoms with E-state index in [1.54, 1.807) is 0 Å². The highest BCUT2D eigenvalue weighted by molar-refractivity contribution is 7.91. The Balaban J connectivity index is 1.90. The van der Waals surface area contributed by atoms with Crippen LogP contribution in [0.25, 0.3) is 0 Å². The maximum atomic E-state index is 12.3. The van der Waals surface area contributed by atoms with Crippen LogP contribution in [0.4, 0.5) is 5.69 Å². The molecule has 1 aliphatic carbocycles. The summed E-state index contributed by atoms with van der Waals surface area (Å²) in [5.41, 5.74) is 0.406. The van der Waals surface area contributed by atoms with Crippen molar-refractivity contribution in [3.8, 4) is 0 Å². The van der Waals surface area contributed by atoms with Crippen molar-refractivity contribution in [3.63, 3.8) is 0 Å². The zero-order chi connectivity index (χ0) is 19.1. The van der Waals surface area contributed by atoms with E-state index in [9.17, 15) is 21.6 Å². The Labute approximate surface area is 153 Å². The SMILES string of the molecule is CS(=O)(=O)c1cc(S(N)(=O)=O)ccc1N1CCCC(C(=O)NC2CC2)C1. The first-order valence-corrected chi connectivity index (χ1v) is 11.9. The van der Waals surface area contributed by atoms with Gasteiger partial charge in [-0.3, -0.25) is 4.79 Å². The predicted molar refractivity (Wildman–Crippen MR) is 97.0 cm³/mol. The van der Waals surface area contributed by atoms with Gasteiger partial charge < -0.3 is 10.2 Å². The molecule has 3 rings (SSSR count). The number of sulfone groups is 1. The van der Waals surface area contributed by atoms with Crippen molar-refractivity contribution in [2.24, 2.45) is 11.1 Å². The third-order valence-electron chi connectivity index (χ3n) is 4.72. The lowest BCUT2D eigenvalue weighted by Crippen LogP contribution is -2.44. The second kappa shape index (κ2) is 6.82. The zero-order valence-corrected chi connectivity index (χ0v) is 16.1. The number of hydrogen-bond donors (Lipinski definition) is 2. The first-order valence-electron chi connectivity index (χ1n) is 8.48. The van der Waals surface area contributed by atoms with Crippen LogP contribution in [-0.2, 0) is 24.7 Å². The van der Waals surface area contributed by atoms with Gasteiger partial charge in [-0.05, 0) is 43.9 Å². The van der Waals surface area contributed by atoms with Crippen molar-refractivity contribution < 1.29 is 21.6 Å². The molecule has 10 heteroatoms. The van der Waals surface area contributed by atoms with Crippen LogP contribution in [-0.4, -0.2) is 48.1 Å². The Morgan fingerprint density at radius 2 is 1.88 bits per heavy atom. The number of rotatable bonds is 5. The van der Waals surface area contributed by atoms with Gasteiger partial charge in [-0.25, -0.2) is 22.0 Å². The summed E-state index contributed by atoms with van der Waals surface area (Å²) in [5, 5.41) is 8.11. The van der Waals surface area contributed by atoms with Gasteiger partial charge in [-0.1, -0.05) is 0 Å². The molecular weight excluding hydrogens is 378 g/mol. The van der Waals surface area contributed by atoms with Crippen molar-refractivity contribution in [1.29, 1.82) is 0 Å². The molecule has 3 N–H and O–H groups in total. The molecule has 1 atom stereocenters. The number of sulfonamides is 1. The van der Waals surface area contributed by atoms with Crippen LogP contribution < -0.4 is 15.4 Å². The van der Waals surface area contributed by atoms with Gasteiger partial charge in [-0.15, -0.1) is 0 Å². The Morgan fingerprint density at radius 1 is 1.19 bits per heavy atom. The molecule has 0 bridgehead atoms. The predicted octanol–water partition coefficient (Wildman–Crippen LogP) is 0.233. The first kappa shape index (κ1) is 19.1. The van der Waals surface area contributed by atoms with Gasteiger partial charge >= 0.3 is 0 Å². The van der Waals surface area contributed by atoms with Crippen LogP contribution in [0.1, 0.15) is 25.7 Å². The molecule has 1 heterocycles. The largest absolute Gasteiger partial charge is 0.370 e. The normalized spacial score (nSPS) is 21.5. The van der Waals surface area contributed by atoms with Gasteiger partial charge in [0.1, 0.15) is 0 Å². The van der Waals surface area contributed by atoms with Gasteiger partial charge in [0.05, 0.1) is 21.4 Å². The summed E-state index contributed by atoms with van der Waals surface area (Å²) in [4.78, 5) is 13.8. The topological polar surface area (TPSA) is 127 Å². The molecule has 0 radical (unpaired) electrons. The molecule has 1 aromatic carbocycles. The number of piperidine rings is 1. The number of hydrogen-bond acceptors (Lipinski definition) is 6. The fraction of sp³-hybridized carbons (Fsp3) is 0.562. The van der Waals surface area contributed by atoms with Gasteiger partial charge in [0.15, 0.2) is 9.84 Å². The number of benzene rings is 1. The molecule has 144 valence electrons. The van der Waals surface area contributed by atoms with Crippen LogP contribution in [0.5, 0.6) is 0 Å². The van der Waals surface area contributed by atoms with Gasteiger partial charge in [0, 0.05) is 25.4 Å². The van der Waals surface area contributed by atoms with Crippen LogP contribution in [0, 0.1) is 5.92 Å². The fourth-order valence-electron chi connectivity index (χ4n) is 3.19. The van der Waals surface area contributed by atoms with E-state index in [4.69, 9.17) is 5.14 Å². The third-order valence-corrected chi connectivity index (χ3v) is 6.75. The number of primary sulfonamides is 1. The van der Waals surface area contributed by atoms with Crippen molar-refractivity contribution in [1.82, 2.24) is 5.32 Å². The Kier molecular flexibility index (Phi) is 5.02. The minimum absolute atomic E-state index is 0.000684. The van der Waals surface area contributed by atoms with E-state index in [2.05, 4.69) is 5.32 Å². The highest BCUT2D eigenvalue weighted by atomic mass is 32.2. The summed E-state index contributed by atoms with van der Waals surface area (Å²) >= 11 is 0. The molecule has 1 saturated heterocycles. The van der Waals surface area contributed by atoms with Crippen LogP contribution in [0.2, 0.25) is 0 Å². The molecule has 1 saturated carbocycles. The second-order valence-electron chi connectivity index (χ2n) is 7.01. The van der Waals surface area contributed by atoms with Crippen molar-refractivity contribution in [2.75, 3.05) is 24.2 Å². The van der Waals surface area contributed by atoms with Gasteiger partial charge in [-0.2, -0.15) is 0 Å². The van der Waals surface area contributed by atoms with E-state index in [1.165, 1.54) is 12.1 Å². The first-order chi connectivity index (χ1) is 12.1. The summed E-state index contributed by atoms with van der Waals surface area (Å²) in [6, 6.07) is 4.12.